The number of nitro groups is 1. The molecule has 1 aliphatic rings. The lowest BCUT2D eigenvalue weighted by atomic mass is 10.1. The van der Waals surface area contributed by atoms with Gasteiger partial charge in [-0.3, -0.25) is 10.1 Å². The van der Waals surface area contributed by atoms with Crippen LogP contribution in [-0.2, 0) is 6.18 Å². The molecule has 1 aliphatic heterocycles. The smallest absolute Gasteiger partial charge is 0.258 e. The van der Waals surface area contributed by atoms with Crippen molar-refractivity contribution >= 4 is 17.4 Å². The van der Waals surface area contributed by atoms with Crippen molar-refractivity contribution in [2.75, 3.05) is 5.75 Å². The Morgan fingerprint density at radius 2 is 1.93 bits per heavy atom. The lowest BCUT2D eigenvalue weighted by molar-refractivity contribution is -0.744. The third-order valence-electron chi connectivity index (χ3n) is 4.65. The molecule has 144 valence electrons. The van der Waals surface area contributed by atoms with Crippen LogP contribution in [0.4, 0.5) is 18.9 Å². The van der Waals surface area contributed by atoms with E-state index in [2.05, 4.69) is 0 Å². The Labute approximate surface area is 162 Å². The fourth-order valence-electron chi connectivity index (χ4n) is 3.22. The van der Waals surface area contributed by atoms with Gasteiger partial charge in [0.15, 0.2) is 5.69 Å². The normalized spacial score (nSPS) is 16.2. The number of halogens is 3. The second-order valence-corrected chi connectivity index (χ2v) is 7.54. The van der Waals surface area contributed by atoms with Crippen LogP contribution in [0.3, 0.4) is 0 Å². The number of fused-ring (bicyclic) bond motifs is 1. The molecular formula is C19H15F3N3O2S+. The second-order valence-electron chi connectivity index (χ2n) is 6.55. The van der Waals surface area contributed by atoms with Crippen LogP contribution in [0.25, 0.3) is 16.9 Å². The second kappa shape index (κ2) is 6.66. The number of non-ortho nitro benzene ring substituents is 1. The maximum absolute atomic E-state index is 13.2. The summed E-state index contributed by atoms with van der Waals surface area (Å²) in [6, 6.07) is 11.4. The molecule has 0 saturated heterocycles. The average molecular weight is 406 g/mol. The molecule has 0 N–H and O–H groups in total. The lowest BCUT2D eigenvalue weighted by Crippen LogP contribution is -2.34. The van der Waals surface area contributed by atoms with E-state index in [0.29, 0.717) is 16.9 Å². The van der Waals surface area contributed by atoms with Gasteiger partial charge in [-0.05, 0) is 49.0 Å². The van der Waals surface area contributed by atoms with Gasteiger partial charge in [-0.1, -0.05) is 6.07 Å². The van der Waals surface area contributed by atoms with Crippen LogP contribution < -0.4 is 4.57 Å². The molecule has 0 unspecified atom stereocenters. The van der Waals surface area contributed by atoms with E-state index in [9.17, 15) is 23.3 Å². The minimum absolute atomic E-state index is 0.0381. The zero-order valence-corrected chi connectivity index (χ0v) is 15.5. The number of benzene rings is 2. The van der Waals surface area contributed by atoms with Crippen molar-refractivity contribution in [3.05, 3.63) is 70.4 Å². The van der Waals surface area contributed by atoms with E-state index in [0.717, 1.165) is 23.0 Å². The summed E-state index contributed by atoms with van der Waals surface area (Å²) in [5.74, 6) is 0.828. The van der Waals surface area contributed by atoms with E-state index in [1.54, 1.807) is 34.5 Å². The number of thioether (sulfide) groups is 1. The summed E-state index contributed by atoms with van der Waals surface area (Å²) < 4.78 is 43.4. The molecule has 0 saturated carbocycles. The fourth-order valence-corrected chi connectivity index (χ4v) is 4.49. The van der Waals surface area contributed by atoms with E-state index < -0.39 is 16.7 Å². The molecule has 0 aliphatic carbocycles. The molecule has 1 atom stereocenters. The van der Waals surface area contributed by atoms with Crippen molar-refractivity contribution in [3.8, 4) is 16.9 Å². The molecule has 0 radical (unpaired) electrons. The molecule has 0 bridgehead atoms. The summed E-state index contributed by atoms with van der Waals surface area (Å²) in [6.07, 6.45) is -2.55. The SMILES string of the molecule is C[C@H]1CSc2n(-c3cccc(C(F)(F)F)c3)c(-c3ccc([N+](=O)[O-])cc3)c[n+]21. The highest BCUT2D eigenvalue weighted by atomic mass is 32.2. The molecule has 0 fully saturated rings. The Balaban J connectivity index is 1.90. The Kier molecular flexibility index (Phi) is 4.41. The van der Waals surface area contributed by atoms with Gasteiger partial charge in [0.25, 0.3) is 5.69 Å². The average Bonchev–Trinajstić information content (AvgIpc) is 3.21. The van der Waals surface area contributed by atoms with Crippen molar-refractivity contribution < 1.29 is 22.7 Å². The first-order valence-corrected chi connectivity index (χ1v) is 9.46. The number of rotatable bonds is 3. The number of alkyl halides is 3. The third-order valence-corrected chi connectivity index (χ3v) is 5.95. The highest BCUT2D eigenvalue weighted by Gasteiger charge is 2.36. The van der Waals surface area contributed by atoms with Gasteiger partial charge >= 0.3 is 11.3 Å². The molecule has 3 aromatic rings. The van der Waals surface area contributed by atoms with Gasteiger partial charge in [-0.25, -0.2) is 4.57 Å². The number of hydrogen-bond donors (Lipinski definition) is 0. The number of nitro benzene ring substituents is 1. The molecule has 28 heavy (non-hydrogen) atoms. The van der Waals surface area contributed by atoms with Crippen LogP contribution in [-0.4, -0.2) is 15.2 Å². The van der Waals surface area contributed by atoms with Crippen LogP contribution in [0.1, 0.15) is 18.5 Å². The lowest BCUT2D eigenvalue weighted by Gasteiger charge is -2.09. The van der Waals surface area contributed by atoms with Gasteiger partial charge in [0, 0.05) is 23.4 Å². The number of hydrogen-bond acceptors (Lipinski definition) is 3. The molecule has 9 heteroatoms. The van der Waals surface area contributed by atoms with E-state index in [-0.39, 0.29) is 11.7 Å². The summed E-state index contributed by atoms with van der Waals surface area (Å²) in [7, 11) is 0. The monoisotopic (exact) mass is 406 g/mol. The van der Waals surface area contributed by atoms with Crippen molar-refractivity contribution in [1.82, 2.24) is 4.57 Å². The highest BCUT2D eigenvalue weighted by molar-refractivity contribution is 7.99. The van der Waals surface area contributed by atoms with Crippen molar-refractivity contribution in [3.63, 3.8) is 0 Å². The van der Waals surface area contributed by atoms with Crippen molar-refractivity contribution in [2.45, 2.75) is 24.3 Å². The fraction of sp³-hybridized carbons (Fsp3) is 0.211. The standard InChI is InChI=1S/C19H15F3N3O2S/c1-12-11-28-18-23(12)10-17(13-5-7-15(8-6-13)25(26)27)24(18)16-4-2-3-14(9-16)19(20,21)22/h2-10,12H,11H2,1H3/q+1/t12-/m0/s1. The van der Waals surface area contributed by atoms with Crippen LogP contribution in [0.5, 0.6) is 0 Å². The summed E-state index contributed by atoms with van der Waals surface area (Å²) >= 11 is 1.57. The largest absolute Gasteiger partial charge is 0.416 e. The van der Waals surface area contributed by atoms with Gasteiger partial charge in [0.05, 0.1) is 10.5 Å². The minimum atomic E-state index is -4.44. The molecule has 4 rings (SSSR count). The van der Waals surface area contributed by atoms with Gasteiger partial charge in [-0.15, -0.1) is 0 Å². The summed E-state index contributed by atoms with van der Waals surface area (Å²) in [4.78, 5) is 10.4. The van der Waals surface area contributed by atoms with E-state index in [4.69, 9.17) is 0 Å². The molecule has 0 spiro atoms. The molecule has 2 heterocycles. The van der Waals surface area contributed by atoms with Gasteiger partial charge in [-0.2, -0.15) is 17.7 Å². The Morgan fingerprint density at radius 3 is 2.57 bits per heavy atom. The van der Waals surface area contributed by atoms with Crippen LogP contribution >= 0.6 is 11.8 Å². The summed E-state index contributed by atoms with van der Waals surface area (Å²) in [5.41, 5.74) is 1.02. The molecule has 1 aromatic heterocycles. The van der Waals surface area contributed by atoms with Crippen molar-refractivity contribution in [1.29, 1.82) is 0 Å². The van der Waals surface area contributed by atoms with Gasteiger partial charge in [0.1, 0.15) is 17.9 Å². The first-order chi connectivity index (χ1) is 13.3. The molecular weight excluding hydrogens is 391 g/mol. The number of aromatic nitrogens is 2. The quantitative estimate of drug-likeness (QED) is 0.348. The van der Waals surface area contributed by atoms with E-state index in [1.807, 2.05) is 17.7 Å². The van der Waals surface area contributed by atoms with E-state index >= 15 is 0 Å². The predicted octanol–water partition coefficient (Wildman–Crippen LogP) is 5.03. The minimum Gasteiger partial charge on any atom is -0.258 e. The Morgan fingerprint density at radius 1 is 1.21 bits per heavy atom. The van der Waals surface area contributed by atoms with Crippen LogP contribution in [0.2, 0.25) is 0 Å². The topological polar surface area (TPSA) is 51.9 Å². The molecule has 0 amide bonds. The first kappa shape index (κ1) is 18.5. The van der Waals surface area contributed by atoms with Crippen LogP contribution in [0.15, 0.2) is 59.9 Å². The Hall–Kier alpha value is -2.81. The maximum atomic E-state index is 13.2. The maximum Gasteiger partial charge on any atom is 0.416 e. The summed E-state index contributed by atoms with van der Waals surface area (Å²) in [5, 5.41) is 11.7. The number of imidazole rings is 1. The summed E-state index contributed by atoms with van der Waals surface area (Å²) in [6.45, 7) is 2.04. The third kappa shape index (κ3) is 3.15. The Bertz CT molecular complexity index is 1060. The van der Waals surface area contributed by atoms with Gasteiger partial charge < -0.3 is 0 Å². The van der Waals surface area contributed by atoms with E-state index in [1.165, 1.54) is 18.2 Å². The highest BCUT2D eigenvalue weighted by Crippen LogP contribution is 2.37. The zero-order chi connectivity index (χ0) is 20.1. The first-order valence-electron chi connectivity index (χ1n) is 8.48. The predicted molar refractivity (Wildman–Crippen MR) is 98.5 cm³/mol. The molecule has 2 aromatic carbocycles. The molecule has 5 nitrogen and oxygen atoms in total. The van der Waals surface area contributed by atoms with Crippen molar-refractivity contribution in [2.24, 2.45) is 0 Å². The van der Waals surface area contributed by atoms with Crippen LogP contribution in [0, 0.1) is 10.1 Å². The number of nitrogens with zero attached hydrogens (tertiary/aromatic N) is 3. The zero-order valence-electron chi connectivity index (χ0n) is 14.7. The van der Waals surface area contributed by atoms with Gasteiger partial charge in [0.2, 0.25) is 0 Å².